The van der Waals surface area contributed by atoms with Crippen molar-refractivity contribution >= 4 is 59.8 Å². The summed E-state index contributed by atoms with van der Waals surface area (Å²) in [5.74, 6) is 0.581. The molecule has 2 atom stereocenters. The molecule has 4 heterocycles. The first-order valence-electron chi connectivity index (χ1n) is 11.7. The molecule has 2 N–H and O–H groups in total. The maximum absolute atomic E-state index is 13.3. The Kier molecular flexibility index (Phi) is 6.83. The minimum atomic E-state index is -0.524. The quantitative estimate of drug-likeness (QED) is 0.274. The molecule has 4 aromatic rings. The summed E-state index contributed by atoms with van der Waals surface area (Å²) in [6.07, 6.45) is 3.62. The number of carbonyl (C=O) groups is 2. The molecule has 1 aliphatic heterocycles. The van der Waals surface area contributed by atoms with Crippen molar-refractivity contribution in [3.63, 3.8) is 0 Å². The molecule has 3 aromatic heterocycles. The molecule has 1 fully saturated rings. The summed E-state index contributed by atoms with van der Waals surface area (Å²) in [5, 5.41) is 2.83. The zero-order chi connectivity index (χ0) is 24.7. The number of benzene rings is 1. The van der Waals surface area contributed by atoms with Crippen molar-refractivity contribution in [1.82, 2.24) is 20.2 Å². The van der Waals surface area contributed by atoms with Gasteiger partial charge in [0.1, 0.15) is 11.9 Å². The SMILES string of the molecule is CC(=O)N[C@H](C(=O)N1CCCC1c1ncc(-c2ccc(-c3cc4sc(Br)cc4s3)cc2)[nH]1)C(C)C. The standard InChI is InChI=1S/C26H27BrN4O2S2/c1-14(2)24(29-15(3)32)26(33)31-10-4-5-19(31)25-28-13-18(30-25)16-6-8-17(9-7-16)20-11-21-22(34-20)12-23(27)35-21/h6-9,11-14,19,24H,4-5,10H2,1-3H3,(H,28,30)(H,29,32)/t19?,24-/m0/s1. The third-order valence-electron chi connectivity index (χ3n) is 6.40. The number of fused-ring (bicyclic) bond motifs is 1. The lowest BCUT2D eigenvalue weighted by Crippen LogP contribution is -2.50. The number of rotatable bonds is 6. The van der Waals surface area contributed by atoms with E-state index in [1.165, 1.54) is 26.8 Å². The number of H-pyrrole nitrogens is 1. The van der Waals surface area contributed by atoms with Crippen molar-refractivity contribution in [2.45, 2.75) is 45.7 Å². The number of likely N-dealkylation sites (tertiary alicyclic amines) is 1. The number of imidazole rings is 1. The van der Waals surface area contributed by atoms with Gasteiger partial charge < -0.3 is 15.2 Å². The molecule has 0 spiro atoms. The topological polar surface area (TPSA) is 78.1 Å². The fraction of sp³-hybridized carbons (Fsp3) is 0.346. The van der Waals surface area contributed by atoms with Crippen molar-refractivity contribution in [3.05, 3.63) is 52.2 Å². The fourth-order valence-corrected chi connectivity index (χ4v) is 7.67. The van der Waals surface area contributed by atoms with Gasteiger partial charge in [-0.05, 0) is 57.9 Å². The van der Waals surface area contributed by atoms with E-state index >= 15 is 0 Å². The number of hydrogen-bond acceptors (Lipinski definition) is 5. The number of nitrogens with one attached hydrogen (secondary N) is 2. The molecule has 182 valence electrons. The van der Waals surface area contributed by atoms with Gasteiger partial charge in [0.25, 0.3) is 0 Å². The first-order chi connectivity index (χ1) is 16.8. The third kappa shape index (κ3) is 4.94. The van der Waals surface area contributed by atoms with Gasteiger partial charge in [-0.2, -0.15) is 0 Å². The van der Waals surface area contributed by atoms with E-state index in [0.717, 1.165) is 33.7 Å². The van der Waals surface area contributed by atoms with E-state index in [1.807, 2.05) is 24.9 Å². The summed E-state index contributed by atoms with van der Waals surface area (Å²) in [4.78, 5) is 36.2. The summed E-state index contributed by atoms with van der Waals surface area (Å²) in [6, 6.07) is 12.3. The van der Waals surface area contributed by atoms with Crippen LogP contribution in [0.15, 0.2) is 46.4 Å². The molecule has 1 saturated heterocycles. The molecule has 0 bridgehead atoms. The number of aromatic nitrogens is 2. The number of hydrogen-bond donors (Lipinski definition) is 2. The molecule has 6 nitrogen and oxygen atoms in total. The molecule has 1 unspecified atom stereocenters. The lowest BCUT2D eigenvalue weighted by molar-refractivity contribution is -0.138. The number of nitrogens with zero attached hydrogens (tertiary/aromatic N) is 2. The molecule has 2 amide bonds. The number of carbonyl (C=O) groups excluding carboxylic acids is 2. The highest BCUT2D eigenvalue weighted by atomic mass is 79.9. The Balaban J connectivity index is 1.33. The van der Waals surface area contributed by atoms with E-state index in [2.05, 4.69) is 67.6 Å². The Morgan fingerprint density at radius 3 is 2.54 bits per heavy atom. The van der Waals surface area contributed by atoms with Gasteiger partial charge >= 0.3 is 0 Å². The first-order valence-corrected chi connectivity index (χ1v) is 14.1. The van der Waals surface area contributed by atoms with Crippen molar-refractivity contribution in [2.75, 3.05) is 6.54 Å². The smallest absolute Gasteiger partial charge is 0.246 e. The van der Waals surface area contributed by atoms with Crippen molar-refractivity contribution in [1.29, 1.82) is 0 Å². The predicted octanol–water partition coefficient (Wildman–Crippen LogP) is 6.61. The molecular weight excluding hydrogens is 544 g/mol. The number of halogens is 1. The van der Waals surface area contributed by atoms with Crippen LogP contribution < -0.4 is 5.32 Å². The Morgan fingerprint density at radius 2 is 1.86 bits per heavy atom. The average molecular weight is 572 g/mol. The van der Waals surface area contributed by atoms with Crippen LogP contribution in [-0.4, -0.2) is 39.3 Å². The maximum atomic E-state index is 13.3. The monoisotopic (exact) mass is 570 g/mol. The van der Waals surface area contributed by atoms with Gasteiger partial charge in [0, 0.05) is 27.7 Å². The van der Waals surface area contributed by atoms with Crippen LogP contribution in [-0.2, 0) is 9.59 Å². The van der Waals surface area contributed by atoms with Crippen LogP contribution >= 0.6 is 38.6 Å². The van der Waals surface area contributed by atoms with Crippen LogP contribution in [0.2, 0.25) is 0 Å². The van der Waals surface area contributed by atoms with Crippen LogP contribution in [0.5, 0.6) is 0 Å². The van der Waals surface area contributed by atoms with E-state index in [-0.39, 0.29) is 23.8 Å². The highest BCUT2D eigenvalue weighted by molar-refractivity contribution is 9.11. The van der Waals surface area contributed by atoms with Crippen LogP contribution in [0.1, 0.15) is 45.5 Å². The Morgan fingerprint density at radius 1 is 1.14 bits per heavy atom. The predicted molar refractivity (Wildman–Crippen MR) is 147 cm³/mol. The van der Waals surface area contributed by atoms with Gasteiger partial charge in [-0.15, -0.1) is 22.7 Å². The molecule has 0 saturated carbocycles. The Hall–Kier alpha value is -2.49. The lowest BCUT2D eigenvalue weighted by Gasteiger charge is -2.30. The molecule has 5 rings (SSSR count). The zero-order valence-electron chi connectivity index (χ0n) is 19.8. The van der Waals surface area contributed by atoms with Gasteiger partial charge in [-0.25, -0.2) is 4.98 Å². The van der Waals surface area contributed by atoms with Crippen LogP contribution in [0.25, 0.3) is 31.1 Å². The second-order valence-electron chi connectivity index (χ2n) is 9.26. The first kappa shape index (κ1) is 24.2. The second-order valence-corrected chi connectivity index (χ2v) is 12.8. The number of amides is 2. The number of thiophene rings is 2. The largest absolute Gasteiger partial charge is 0.344 e. The van der Waals surface area contributed by atoms with Gasteiger partial charge in [0.05, 0.1) is 21.7 Å². The summed E-state index contributed by atoms with van der Waals surface area (Å²) in [7, 11) is 0. The fourth-order valence-electron chi connectivity index (χ4n) is 4.64. The molecule has 35 heavy (non-hydrogen) atoms. The molecule has 9 heteroatoms. The van der Waals surface area contributed by atoms with Crippen LogP contribution in [0, 0.1) is 5.92 Å². The van der Waals surface area contributed by atoms with E-state index in [1.54, 1.807) is 22.7 Å². The van der Waals surface area contributed by atoms with E-state index < -0.39 is 6.04 Å². The van der Waals surface area contributed by atoms with Gasteiger partial charge in [0.2, 0.25) is 11.8 Å². The molecule has 1 aromatic carbocycles. The molecule has 0 radical (unpaired) electrons. The van der Waals surface area contributed by atoms with Crippen molar-refractivity contribution in [3.8, 4) is 21.7 Å². The summed E-state index contributed by atoms with van der Waals surface area (Å²) >= 11 is 7.11. The van der Waals surface area contributed by atoms with Crippen molar-refractivity contribution < 1.29 is 9.59 Å². The molecular formula is C26H27BrN4O2S2. The Bertz CT molecular complexity index is 1340. The molecule has 0 aliphatic carbocycles. The maximum Gasteiger partial charge on any atom is 0.246 e. The lowest BCUT2D eigenvalue weighted by atomic mass is 10.0. The average Bonchev–Trinajstić information content (AvgIpc) is 3.59. The van der Waals surface area contributed by atoms with Crippen LogP contribution in [0.3, 0.4) is 0 Å². The van der Waals surface area contributed by atoms with Gasteiger partial charge in [-0.1, -0.05) is 38.1 Å². The second kappa shape index (κ2) is 9.87. The molecule has 1 aliphatic rings. The minimum Gasteiger partial charge on any atom is -0.344 e. The summed E-state index contributed by atoms with van der Waals surface area (Å²) in [6.45, 7) is 6.04. The summed E-state index contributed by atoms with van der Waals surface area (Å²) < 4.78 is 3.76. The van der Waals surface area contributed by atoms with E-state index in [9.17, 15) is 9.59 Å². The highest BCUT2D eigenvalue weighted by Gasteiger charge is 2.37. The van der Waals surface area contributed by atoms with Gasteiger partial charge in [0.15, 0.2) is 0 Å². The Labute approximate surface area is 220 Å². The van der Waals surface area contributed by atoms with Crippen LogP contribution in [0.4, 0.5) is 0 Å². The zero-order valence-corrected chi connectivity index (χ0v) is 23.0. The third-order valence-corrected chi connectivity index (χ3v) is 9.24. The number of aromatic amines is 1. The van der Waals surface area contributed by atoms with E-state index in [4.69, 9.17) is 0 Å². The minimum absolute atomic E-state index is 0.0129. The normalized spacial score (nSPS) is 16.8. The summed E-state index contributed by atoms with van der Waals surface area (Å²) in [5.41, 5.74) is 3.19. The highest BCUT2D eigenvalue weighted by Crippen LogP contribution is 2.40. The van der Waals surface area contributed by atoms with Gasteiger partial charge in [-0.3, -0.25) is 9.59 Å². The van der Waals surface area contributed by atoms with Crippen molar-refractivity contribution in [2.24, 2.45) is 5.92 Å². The van der Waals surface area contributed by atoms with E-state index in [0.29, 0.717) is 6.54 Å².